The minimum absolute atomic E-state index is 0.150. The van der Waals surface area contributed by atoms with Gasteiger partial charge >= 0.3 is 0 Å². The largest absolute Gasteiger partial charge is 0.393 e. The van der Waals surface area contributed by atoms with Crippen LogP contribution in [0.4, 0.5) is 0 Å². The molecule has 0 saturated heterocycles. The smallest absolute Gasteiger partial charge is 0.0585 e. The Hall–Kier alpha value is -0.0800. The Kier molecular flexibility index (Phi) is 2.90. The molecule has 1 aliphatic carbocycles. The van der Waals surface area contributed by atoms with Crippen LogP contribution in [0.15, 0.2) is 0 Å². The lowest BCUT2D eigenvalue weighted by atomic mass is 9.78. The molecule has 1 unspecified atom stereocenters. The topological polar surface area (TPSA) is 46.2 Å². The summed E-state index contributed by atoms with van der Waals surface area (Å²) in [6.45, 7) is 4.19. The molecule has 4 atom stereocenters. The molecule has 0 radical (unpaired) electrons. The van der Waals surface area contributed by atoms with E-state index in [0.29, 0.717) is 11.8 Å². The lowest BCUT2D eigenvalue weighted by Gasteiger charge is -2.33. The van der Waals surface area contributed by atoms with Gasteiger partial charge in [-0.1, -0.05) is 13.3 Å². The van der Waals surface area contributed by atoms with Crippen molar-refractivity contribution in [3.05, 3.63) is 0 Å². The lowest BCUT2D eigenvalue weighted by Crippen LogP contribution is -2.39. The van der Waals surface area contributed by atoms with E-state index in [1.807, 2.05) is 6.92 Å². The SMILES string of the molecule is CC(N)[C@@H]1CC[C@@H](C)C[C@H]1O. The Morgan fingerprint density at radius 1 is 1.45 bits per heavy atom. The normalized spacial score (nSPS) is 42.0. The van der Waals surface area contributed by atoms with Gasteiger partial charge in [0.15, 0.2) is 0 Å². The maximum atomic E-state index is 9.63. The van der Waals surface area contributed by atoms with Crippen molar-refractivity contribution in [2.75, 3.05) is 0 Å². The molecule has 1 saturated carbocycles. The molecule has 11 heavy (non-hydrogen) atoms. The van der Waals surface area contributed by atoms with Crippen LogP contribution in [0.5, 0.6) is 0 Å². The van der Waals surface area contributed by atoms with Crippen molar-refractivity contribution in [1.29, 1.82) is 0 Å². The molecular weight excluding hydrogens is 138 g/mol. The van der Waals surface area contributed by atoms with Gasteiger partial charge in [-0.2, -0.15) is 0 Å². The van der Waals surface area contributed by atoms with Crippen LogP contribution in [0.2, 0.25) is 0 Å². The third-order valence-electron chi connectivity index (χ3n) is 2.81. The molecular formula is C9H19NO. The van der Waals surface area contributed by atoms with Gasteiger partial charge in [0.1, 0.15) is 0 Å². The highest BCUT2D eigenvalue weighted by atomic mass is 16.3. The summed E-state index contributed by atoms with van der Waals surface area (Å²) in [4.78, 5) is 0. The first-order valence-corrected chi connectivity index (χ1v) is 4.55. The van der Waals surface area contributed by atoms with Crippen molar-refractivity contribution < 1.29 is 5.11 Å². The van der Waals surface area contributed by atoms with E-state index >= 15 is 0 Å². The van der Waals surface area contributed by atoms with Gasteiger partial charge in [-0.05, 0) is 31.6 Å². The molecule has 66 valence electrons. The molecule has 0 aromatic carbocycles. The van der Waals surface area contributed by atoms with Crippen molar-refractivity contribution in [3.8, 4) is 0 Å². The number of hydrogen-bond donors (Lipinski definition) is 2. The molecule has 2 nitrogen and oxygen atoms in total. The van der Waals surface area contributed by atoms with E-state index in [0.717, 1.165) is 12.8 Å². The number of rotatable bonds is 1. The Balaban J connectivity index is 2.44. The first-order valence-electron chi connectivity index (χ1n) is 4.55. The summed E-state index contributed by atoms with van der Waals surface area (Å²) in [6.07, 6.45) is 3.11. The quantitative estimate of drug-likeness (QED) is 0.599. The van der Waals surface area contributed by atoms with Crippen molar-refractivity contribution in [2.45, 2.75) is 45.3 Å². The van der Waals surface area contributed by atoms with Crippen molar-refractivity contribution in [2.24, 2.45) is 17.6 Å². The van der Waals surface area contributed by atoms with Gasteiger partial charge in [0.25, 0.3) is 0 Å². The van der Waals surface area contributed by atoms with Gasteiger partial charge in [0, 0.05) is 6.04 Å². The fourth-order valence-electron chi connectivity index (χ4n) is 1.99. The van der Waals surface area contributed by atoms with Crippen LogP contribution in [-0.4, -0.2) is 17.3 Å². The van der Waals surface area contributed by atoms with E-state index in [2.05, 4.69) is 6.92 Å². The molecule has 1 rings (SSSR count). The fraction of sp³-hybridized carbons (Fsp3) is 1.00. The number of aliphatic hydroxyl groups excluding tert-OH is 1. The summed E-state index contributed by atoms with van der Waals surface area (Å²) in [7, 11) is 0. The van der Waals surface area contributed by atoms with Crippen LogP contribution in [0.25, 0.3) is 0 Å². The average Bonchev–Trinajstić information content (AvgIpc) is 1.85. The van der Waals surface area contributed by atoms with Crippen LogP contribution in [0, 0.1) is 11.8 Å². The molecule has 0 amide bonds. The van der Waals surface area contributed by atoms with Crippen LogP contribution >= 0.6 is 0 Å². The zero-order valence-corrected chi connectivity index (χ0v) is 7.46. The van der Waals surface area contributed by atoms with Gasteiger partial charge in [0.2, 0.25) is 0 Å². The summed E-state index contributed by atoms with van der Waals surface area (Å²) >= 11 is 0. The Morgan fingerprint density at radius 2 is 2.09 bits per heavy atom. The Morgan fingerprint density at radius 3 is 2.55 bits per heavy atom. The maximum Gasteiger partial charge on any atom is 0.0585 e. The Bertz CT molecular complexity index is 125. The molecule has 0 heterocycles. The van der Waals surface area contributed by atoms with Gasteiger partial charge in [-0.25, -0.2) is 0 Å². The first-order chi connectivity index (χ1) is 5.11. The average molecular weight is 157 g/mol. The molecule has 0 aromatic heterocycles. The fourth-order valence-corrected chi connectivity index (χ4v) is 1.99. The highest BCUT2D eigenvalue weighted by Gasteiger charge is 2.28. The third kappa shape index (κ3) is 2.17. The third-order valence-corrected chi connectivity index (χ3v) is 2.81. The second-order valence-corrected chi connectivity index (χ2v) is 4.01. The number of hydrogen-bond acceptors (Lipinski definition) is 2. The second kappa shape index (κ2) is 3.55. The monoisotopic (exact) mass is 157 g/mol. The predicted octanol–water partition coefficient (Wildman–Crippen LogP) is 1.13. The zero-order valence-electron chi connectivity index (χ0n) is 7.46. The summed E-state index contributed by atoms with van der Waals surface area (Å²) in [5.41, 5.74) is 5.74. The minimum Gasteiger partial charge on any atom is -0.393 e. The maximum absolute atomic E-state index is 9.63. The molecule has 0 bridgehead atoms. The van der Waals surface area contributed by atoms with E-state index in [1.165, 1.54) is 6.42 Å². The summed E-state index contributed by atoms with van der Waals surface area (Å²) in [6, 6.07) is 0.150. The van der Waals surface area contributed by atoms with Gasteiger partial charge < -0.3 is 10.8 Å². The van der Waals surface area contributed by atoms with E-state index in [9.17, 15) is 5.11 Å². The van der Waals surface area contributed by atoms with E-state index in [1.54, 1.807) is 0 Å². The highest BCUT2D eigenvalue weighted by molar-refractivity contribution is 4.82. The highest BCUT2D eigenvalue weighted by Crippen LogP contribution is 2.29. The van der Waals surface area contributed by atoms with Gasteiger partial charge in [-0.3, -0.25) is 0 Å². The number of nitrogens with two attached hydrogens (primary N) is 1. The van der Waals surface area contributed by atoms with Crippen LogP contribution in [0.3, 0.4) is 0 Å². The van der Waals surface area contributed by atoms with Crippen LogP contribution in [-0.2, 0) is 0 Å². The van der Waals surface area contributed by atoms with Gasteiger partial charge in [-0.15, -0.1) is 0 Å². The zero-order chi connectivity index (χ0) is 8.43. The summed E-state index contributed by atoms with van der Waals surface area (Å²) in [5, 5.41) is 9.63. The van der Waals surface area contributed by atoms with Gasteiger partial charge in [0.05, 0.1) is 6.10 Å². The molecule has 2 heteroatoms. The van der Waals surface area contributed by atoms with E-state index in [4.69, 9.17) is 5.73 Å². The second-order valence-electron chi connectivity index (χ2n) is 4.01. The lowest BCUT2D eigenvalue weighted by molar-refractivity contribution is 0.0391. The molecule has 3 N–H and O–H groups in total. The van der Waals surface area contributed by atoms with E-state index in [-0.39, 0.29) is 12.1 Å². The molecule has 0 aromatic rings. The molecule has 1 fully saturated rings. The molecule has 0 aliphatic heterocycles. The van der Waals surface area contributed by atoms with Crippen molar-refractivity contribution in [1.82, 2.24) is 0 Å². The predicted molar refractivity (Wildman–Crippen MR) is 46.2 cm³/mol. The summed E-state index contributed by atoms with van der Waals surface area (Å²) in [5.74, 6) is 1.02. The number of aliphatic hydroxyl groups is 1. The Labute approximate surface area is 68.8 Å². The van der Waals surface area contributed by atoms with Crippen molar-refractivity contribution in [3.63, 3.8) is 0 Å². The molecule has 0 spiro atoms. The van der Waals surface area contributed by atoms with Crippen molar-refractivity contribution >= 4 is 0 Å². The standard InChI is InChI=1S/C9H19NO/c1-6-3-4-8(7(2)10)9(11)5-6/h6-9,11H,3-5,10H2,1-2H3/t6-,7?,8+,9-/m1/s1. The molecule has 1 aliphatic rings. The van der Waals surface area contributed by atoms with Crippen LogP contribution < -0.4 is 5.73 Å². The van der Waals surface area contributed by atoms with E-state index < -0.39 is 0 Å². The van der Waals surface area contributed by atoms with Crippen LogP contribution in [0.1, 0.15) is 33.1 Å². The minimum atomic E-state index is -0.154. The first kappa shape index (κ1) is 9.01. The summed E-state index contributed by atoms with van der Waals surface area (Å²) < 4.78 is 0.